The summed E-state index contributed by atoms with van der Waals surface area (Å²) in [5, 5.41) is 15.2. The third kappa shape index (κ3) is 4.22. The molecular weight excluding hydrogens is 259 g/mol. The molecule has 8 nitrogen and oxygen atoms in total. The summed E-state index contributed by atoms with van der Waals surface area (Å²) in [6.45, 7) is 0.0691. The van der Waals surface area contributed by atoms with Crippen molar-refractivity contribution in [3.05, 3.63) is 39.7 Å². The Morgan fingerprint density at radius 1 is 1.32 bits per heavy atom. The number of nitro groups is 1. The molecule has 0 aliphatic heterocycles. The third-order valence-corrected chi connectivity index (χ3v) is 2.11. The number of carbonyl (C=O) groups excluding carboxylic acids is 2. The van der Waals surface area contributed by atoms with Gasteiger partial charge in [-0.15, -0.1) is 0 Å². The van der Waals surface area contributed by atoms with Crippen LogP contribution in [0, 0.1) is 15.9 Å². The minimum atomic E-state index is -0.808. The minimum absolute atomic E-state index is 0.00937. The normalized spacial score (nSPS) is 9.74. The van der Waals surface area contributed by atoms with E-state index in [0.29, 0.717) is 0 Å². The summed E-state index contributed by atoms with van der Waals surface area (Å²) in [4.78, 5) is 31.9. The number of hydrogen-bond acceptors (Lipinski definition) is 4. The molecule has 0 atom stereocenters. The molecule has 3 amide bonds. The molecule has 102 valence electrons. The number of nitro benzene ring substituents is 1. The van der Waals surface area contributed by atoms with Gasteiger partial charge in [0.05, 0.1) is 4.92 Å². The van der Waals surface area contributed by atoms with Crippen LogP contribution < -0.4 is 16.4 Å². The monoisotopic (exact) mass is 270 g/mol. The molecule has 0 radical (unpaired) electrons. The minimum Gasteiger partial charge on any atom is -0.352 e. The maximum atomic E-state index is 13.0. The summed E-state index contributed by atoms with van der Waals surface area (Å²) in [7, 11) is 0. The summed E-state index contributed by atoms with van der Waals surface area (Å²) in [5.74, 6) is -1.57. The number of rotatable bonds is 5. The van der Waals surface area contributed by atoms with Crippen LogP contribution in [0.3, 0.4) is 0 Å². The fraction of sp³-hybridized carbons (Fsp3) is 0.200. The number of primary amides is 1. The number of benzene rings is 1. The molecule has 0 aliphatic carbocycles. The van der Waals surface area contributed by atoms with Gasteiger partial charge in [-0.2, -0.15) is 0 Å². The Morgan fingerprint density at radius 2 is 1.95 bits per heavy atom. The van der Waals surface area contributed by atoms with Crippen molar-refractivity contribution in [3.8, 4) is 0 Å². The van der Waals surface area contributed by atoms with E-state index in [4.69, 9.17) is 5.73 Å². The van der Waals surface area contributed by atoms with Gasteiger partial charge >= 0.3 is 6.03 Å². The number of hydrogen-bond donors (Lipinski definition) is 3. The second-order valence-corrected chi connectivity index (χ2v) is 3.47. The zero-order valence-electron chi connectivity index (χ0n) is 9.68. The number of urea groups is 1. The van der Waals surface area contributed by atoms with Gasteiger partial charge in [0, 0.05) is 19.2 Å². The number of nitrogens with two attached hydrogens (primary N) is 1. The molecular formula is C10H11FN4O4. The van der Waals surface area contributed by atoms with Crippen LogP contribution in [-0.2, 0) is 0 Å². The Bertz CT molecular complexity index is 520. The lowest BCUT2D eigenvalue weighted by atomic mass is 10.1. The second-order valence-electron chi connectivity index (χ2n) is 3.47. The van der Waals surface area contributed by atoms with Gasteiger partial charge in [-0.1, -0.05) is 0 Å². The van der Waals surface area contributed by atoms with Crippen molar-refractivity contribution in [1.29, 1.82) is 0 Å². The van der Waals surface area contributed by atoms with Gasteiger partial charge in [-0.3, -0.25) is 14.9 Å². The summed E-state index contributed by atoms with van der Waals surface area (Å²) in [6, 6.07) is 1.82. The van der Waals surface area contributed by atoms with Crippen molar-refractivity contribution in [2.24, 2.45) is 5.73 Å². The van der Waals surface area contributed by atoms with Crippen LogP contribution in [0.4, 0.5) is 14.9 Å². The average molecular weight is 270 g/mol. The first-order valence-electron chi connectivity index (χ1n) is 5.17. The van der Waals surface area contributed by atoms with Crippen molar-refractivity contribution in [1.82, 2.24) is 10.6 Å². The lowest BCUT2D eigenvalue weighted by Gasteiger charge is -2.06. The quantitative estimate of drug-likeness (QED) is 0.399. The second kappa shape index (κ2) is 6.28. The molecule has 0 saturated heterocycles. The number of nitrogens with zero attached hydrogens (tertiary/aromatic N) is 1. The molecule has 0 heterocycles. The zero-order chi connectivity index (χ0) is 14.4. The highest BCUT2D eigenvalue weighted by atomic mass is 19.1. The fourth-order valence-electron chi connectivity index (χ4n) is 1.31. The molecule has 0 fully saturated rings. The van der Waals surface area contributed by atoms with E-state index in [2.05, 4.69) is 10.6 Å². The van der Waals surface area contributed by atoms with E-state index in [-0.39, 0.29) is 18.7 Å². The molecule has 1 rings (SSSR count). The van der Waals surface area contributed by atoms with Gasteiger partial charge in [0.1, 0.15) is 11.4 Å². The Kier molecular flexibility index (Phi) is 4.75. The molecule has 0 bridgehead atoms. The molecule has 9 heteroatoms. The standard InChI is InChI=1S/C10H11FN4O4/c11-6-1-2-8(15(18)19)7(5-6)9(16)13-3-4-14-10(12)17/h1-2,5H,3-4H2,(H,13,16)(H3,12,14,17). The molecule has 0 aliphatic rings. The van der Waals surface area contributed by atoms with Crippen LogP contribution in [0.25, 0.3) is 0 Å². The van der Waals surface area contributed by atoms with E-state index < -0.39 is 28.4 Å². The number of carbonyl (C=O) groups is 2. The van der Waals surface area contributed by atoms with Gasteiger partial charge < -0.3 is 16.4 Å². The highest BCUT2D eigenvalue weighted by Gasteiger charge is 2.20. The molecule has 0 unspecified atom stereocenters. The molecule has 1 aromatic carbocycles. The first kappa shape index (κ1) is 14.4. The highest BCUT2D eigenvalue weighted by molar-refractivity contribution is 5.98. The van der Waals surface area contributed by atoms with Crippen LogP contribution in [0.1, 0.15) is 10.4 Å². The summed E-state index contributed by atoms with van der Waals surface area (Å²) < 4.78 is 13.0. The van der Waals surface area contributed by atoms with Crippen molar-refractivity contribution in [3.63, 3.8) is 0 Å². The maximum absolute atomic E-state index is 13.0. The van der Waals surface area contributed by atoms with Gasteiger partial charge in [0.25, 0.3) is 11.6 Å². The Hall–Kier alpha value is -2.71. The van der Waals surface area contributed by atoms with E-state index in [9.17, 15) is 24.1 Å². The smallest absolute Gasteiger partial charge is 0.312 e. The lowest BCUT2D eigenvalue weighted by Crippen LogP contribution is -2.37. The zero-order valence-corrected chi connectivity index (χ0v) is 9.68. The number of amides is 3. The molecule has 0 saturated carbocycles. The van der Waals surface area contributed by atoms with E-state index in [1.165, 1.54) is 0 Å². The summed E-state index contributed by atoms with van der Waals surface area (Å²) in [5.41, 5.74) is 3.92. The molecule has 0 aromatic heterocycles. The molecule has 0 spiro atoms. The van der Waals surface area contributed by atoms with E-state index in [1.807, 2.05) is 0 Å². The molecule has 1 aromatic rings. The van der Waals surface area contributed by atoms with E-state index in [0.717, 1.165) is 18.2 Å². The van der Waals surface area contributed by atoms with Crippen molar-refractivity contribution >= 4 is 17.6 Å². The Balaban J connectivity index is 2.73. The predicted molar refractivity (Wildman–Crippen MR) is 63.0 cm³/mol. The number of halogens is 1. The van der Waals surface area contributed by atoms with Crippen molar-refractivity contribution in [2.45, 2.75) is 0 Å². The van der Waals surface area contributed by atoms with E-state index in [1.54, 1.807) is 0 Å². The van der Waals surface area contributed by atoms with E-state index >= 15 is 0 Å². The van der Waals surface area contributed by atoms with Gasteiger partial charge in [-0.05, 0) is 12.1 Å². The maximum Gasteiger partial charge on any atom is 0.312 e. The van der Waals surface area contributed by atoms with Crippen LogP contribution in [0.5, 0.6) is 0 Å². The SMILES string of the molecule is NC(=O)NCCNC(=O)c1cc(F)ccc1[N+](=O)[O-]. The lowest BCUT2D eigenvalue weighted by molar-refractivity contribution is -0.385. The fourth-order valence-corrected chi connectivity index (χ4v) is 1.31. The third-order valence-electron chi connectivity index (χ3n) is 2.11. The van der Waals surface area contributed by atoms with Gasteiger partial charge in [-0.25, -0.2) is 9.18 Å². The summed E-state index contributed by atoms with van der Waals surface area (Å²) >= 11 is 0. The van der Waals surface area contributed by atoms with Gasteiger partial charge in [0.2, 0.25) is 0 Å². The van der Waals surface area contributed by atoms with Crippen LogP contribution in [-0.4, -0.2) is 30.0 Å². The topological polar surface area (TPSA) is 127 Å². The highest BCUT2D eigenvalue weighted by Crippen LogP contribution is 2.19. The first-order chi connectivity index (χ1) is 8.91. The first-order valence-corrected chi connectivity index (χ1v) is 5.17. The number of nitrogens with one attached hydrogen (secondary N) is 2. The summed E-state index contributed by atoms with van der Waals surface area (Å²) in [6.07, 6.45) is 0. The van der Waals surface area contributed by atoms with Crippen molar-refractivity contribution in [2.75, 3.05) is 13.1 Å². The van der Waals surface area contributed by atoms with Gasteiger partial charge in [0.15, 0.2) is 0 Å². The Labute approximate surface area is 106 Å². The van der Waals surface area contributed by atoms with Crippen LogP contribution >= 0.6 is 0 Å². The molecule has 19 heavy (non-hydrogen) atoms. The average Bonchev–Trinajstić information content (AvgIpc) is 2.33. The van der Waals surface area contributed by atoms with Crippen molar-refractivity contribution < 1.29 is 18.9 Å². The van der Waals surface area contributed by atoms with Crippen LogP contribution in [0.15, 0.2) is 18.2 Å². The van der Waals surface area contributed by atoms with Crippen LogP contribution in [0.2, 0.25) is 0 Å². The Morgan fingerprint density at radius 3 is 2.53 bits per heavy atom. The largest absolute Gasteiger partial charge is 0.352 e. The predicted octanol–water partition coefficient (Wildman–Crippen LogP) is 0.132. The molecule has 4 N–H and O–H groups in total.